The molecule has 0 bridgehead atoms. The Hall–Kier alpha value is -3.67. The molecule has 2 aromatic rings. The first-order valence-electron chi connectivity index (χ1n) is 8.53. The van der Waals surface area contributed by atoms with E-state index in [9.17, 15) is 28.2 Å². The third kappa shape index (κ3) is 4.43. The fourth-order valence-corrected chi connectivity index (χ4v) is 4.19. The van der Waals surface area contributed by atoms with Gasteiger partial charge < -0.3 is 29.2 Å². The molecule has 0 atom stereocenters. The number of aromatic carboxylic acids is 1. The molecular formula is C19H21NO10S. The highest BCUT2D eigenvalue weighted by Gasteiger charge is 2.30. The number of benzene rings is 2. The maximum Gasteiger partial charge on any atom is 0.340 e. The first kappa shape index (κ1) is 23.6. The third-order valence-electron chi connectivity index (χ3n) is 4.28. The topological polar surface area (TPSA) is 158 Å². The Morgan fingerprint density at radius 1 is 0.935 bits per heavy atom. The molecule has 0 saturated carbocycles. The second-order valence-corrected chi connectivity index (χ2v) is 7.76. The number of ether oxygens (including phenoxy) is 4. The van der Waals surface area contributed by atoms with Crippen molar-refractivity contribution < 1.29 is 47.2 Å². The minimum absolute atomic E-state index is 0.00371. The molecule has 0 saturated heterocycles. The molecule has 2 aromatic carbocycles. The average Bonchev–Trinajstić information content (AvgIpc) is 2.71. The van der Waals surface area contributed by atoms with Crippen LogP contribution in [-0.4, -0.2) is 59.0 Å². The molecule has 0 heterocycles. The number of carbonyl (C=O) groups excluding carboxylic acids is 1. The maximum absolute atomic E-state index is 13.1. The minimum atomic E-state index is -4.47. The molecular weight excluding hydrogens is 434 g/mol. The second-order valence-electron chi connectivity index (χ2n) is 6.10. The highest BCUT2D eigenvalue weighted by Crippen LogP contribution is 2.46. The van der Waals surface area contributed by atoms with Crippen molar-refractivity contribution in [2.45, 2.75) is 11.8 Å². The van der Waals surface area contributed by atoms with Crippen LogP contribution in [0, 0.1) is 6.92 Å². The van der Waals surface area contributed by atoms with Gasteiger partial charge >= 0.3 is 11.9 Å². The second kappa shape index (κ2) is 9.00. The summed E-state index contributed by atoms with van der Waals surface area (Å²) in [6.07, 6.45) is 0. The molecule has 0 spiro atoms. The van der Waals surface area contributed by atoms with Crippen molar-refractivity contribution in [3.8, 4) is 23.0 Å². The molecule has 0 aliphatic heterocycles. The summed E-state index contributed by atoms with van der Waals surface area (Å²) in [7, 11) is 0.470. The molecule has 0 aliphatic rings. The number of aryl methyl sites for hydroxylation is 1. The van der Waals surface area contributed by atoms with E-state index in [2.05, 4.69) is 4.72 Å². The molecule has 0 aromatic heterocycles. The van der Waals surface area contributed by atoms with E-state index in [-0.39, 0.29) is 34.1 Å². The smallest absolute Gasteiger partial charge is 0.340 e. The van der Waals surface area contributed by atoms with Crippen LogP contribution < -0.4 is 18.9 Å². The van der Waals surface area contributed by atoms with E-state index in [0.717, 1.165) is 19.2 Å². The molecule has 0 amide bonds. The number of methoxy groups -OCH3 is 4. The van der Waals surface area contributed by atoms with Crippen LogP contribution in [0.5, 0.6) is 23.0 Å². The fraction of sp³-hybridized carbons (Fsp3) is 0.263. The molecule has 0 aliphatic carbocycles. The van der Waals surface area contributed by atoms with Crippen LogP contribution in [-0.2, 0) is 14.8 Å². The van der Waals surface area contributed by atoms with Gasteiger partial charge in [0.2, 0.25) is 5.75 Å². The number of sulfonamides is 1. The van der Waals surface area contributed by atoms with Crippen molar-refractivity contribution in [2.75, 3.05) is 33.2 Å². The molecule has 168 valence electrons. The Kier molecular flexibility index (Phi) is 6.85. The van der Waals surface area contributed by atoms with Crippen LogP contribution in [0.2, 0.25) is 0 Å². The lowest BCUT2D eigenvalue weighted by Crippen LogP contribution is -2.19. The average molecular weight is 455 g/mol. The zero-order valence-corrected chi connectivity index (χ0v) is 18.1. The van der Waals surface area contributed by atoms with Gasteiger partial charge in [-0.1, -0.05) is 0 Å². The summed E-state index contributed by atoms with van der Waals surface area (Å²) in [6.45, 7) is 1.37. The number of aromatic hydroxyl groups is 1. The lowest BCUT2D eigenvalue weighted by molar-refractivity contribution is 0.0600. The number of rotatable bonds is 8. The van der Waals surface area contributed by atoms with Crippen molar-refractivity contribution in [1.82, 2.24) is 0 Å². The first-order chi connectivity index (χ1) is 14.5. The third-order valence-corrected chi connectivity index (χ3v) is 5.78. The van der Waals surface area contributed by atoms with E-state index < -0.39 is 38.2 Å². The van der Waals surface area contributed by atoms with Crippen molar-refractivity contribution >= 4 is 27.6 Å². The molecule has 2 rings (SSSR count). The van der Waals surface area contributed by atoms with Gasteiger partial charge in [-0.05, 0) is 24.6 Å². The number of nitrogens with one attached hydrogen (secondary N) is 1. The lowest BCUT2D eigenvalue weighted by Gasteiger charge is -2.20. The number of esters is 1. The maximum atomic E-state index is 13.1. The predicted molar refractivity (Wildman–Crippen MR) is 108 cm³/mol. The zero-order valence-electron chi connectivity index (χ0n) is 17.3. The monoisotopic (exact) mass is 455 g/mol. The first-order valence-corrected chi connectivity index (χ1v) is 10.0. The minimum Gasteiger partial charge on any atom is -0.507 e. The molecule has 3 N–H and O–H groups in total. The highest BCUT2D eigenvalue weighted by molar-refractivity contribution is 7.92. The molecule has 12 heteroatoms. The van der Waals surface area contributed by atoms with Crippen LogP contribution in [0.15, 0.2) is 23.1 Å². The van der Waals surface area contributed by atoms with Crippen molar-refractivity contribution in [3.63, 3.8) is 0 Å². The van der Waals surface area contributed by atoms with Gasteiger partial charge in [-0.2, -0.15) is 0 Å². The number of hydrogen-bond donors (Lipinski definition) is 3. The summed E-state index contributed by atoms with van der Waals surface area (Å²) in [5, 5.41) is 19.0. The summed E-state index contributed by atoms with van der Waals surface area (Å²) in [5.41, 5.74) is -1.10. The number of carboxylic acids is 1. The van der Waals surface area contributed by atoms with E-state index >= 15 is 0 Å². The Bertz CT molecular complexity index is 1140. The van der Waals surface area contributed by atoms with Gasteiger partial charge in [-0.25, -0.2) is 18.0 Å². The largest absolute Gasteiger partial charge is 0.507 e. The van der Waals surface area contributed by atoms with Crippen LogP contribution in [0.3, 0.4) is 0 Å². The van der Waals surface area contributed by atoms with E-state index in [1.165, 1.54) is 34.3 Å². The van der Waals surface area contributed by atoms with Gasteiger partial charge in [0.05, 0.1) is 38.9 Å². The van der Waals surface area contributed by atoms with Crippen LogP contribution >= 0.6 is 0 Å². The quantitative estimate of drug-likeness (QED) is 0.503. The Morgan fingerprint density at radius 3 is 2.03 bits per heavy atom. The van der Waals surface area contributed by atoms with Gasteiger partial charge in [-0.15, -0.1) is 0 Å². The Balaban J connectivity index is 2.79. The van der Waals surface area contributed by atoms with E-state index in [0.29, 0.717) is 0 Å². The summed E-state index contributed by atoms with van der Waals surface area (Å²) in [5.74, 6) is -3.09. The summed E-state index contributed by atoms with van der Waals surface area (Å²) < 4.78 is 48.9. The predicted octanol–water partition coefficient (Wildman–Crippen LogP) is 2.01. The van der Waals surface area contributed by atoms with Crippen molar-refractivity contribution in [2.24, 2.45) is 0 Å². The fourth-order valence-electron chi connectivity index (χ4n) is 2.85. The molecule has 0 unspecified atom stereocenters. The van der Waals surface area contributed by atoms with Gasteiger partial charge in [0.15, 0.2) is 11.5 Å². The summed E-state index contributed by atoms with van der Waals surface area (Å²) in [4.78, 5) is 23.2. The standard InChI is InChI=1S/C19H21NO10S/c1-9-6-12(21)10(18(22)23)8-14(9)31(25,26)20-15-11(19(24)30-5)7-13(27-2)16(28-3)17(15)29-4/h6-8,20-21H,1-5H3,(H,22,23). The summed E-state index contributed by atoms with van der Waals surface area (Å²) >= 11 is 0. The number of hydrogen-bond acceptors (Lipinski definition) is 9. The van der Waals surface area contributed by atoms with Crippen LogP contribution in [0.1, 0.15) is 26.3 Å². The molecule has 0 radical (unpaired) electrons. The molecule has 31 heavy (non-hydrogen) atoms. The number of carboxylic acid groups (broad SMARTS) is 1. The van der Waals surface area contributed by atoms with Gasteiger partial charge in [0, 0.05) is 6.07 Å². The van der Waals surface area contributed by atoms with Gasteiger partial charge in [0.25, 0.3) is 10.0 Å². The van der Waals surface area contributed by atoms with E-state index in [4.69, 9.17) is 18.9 Å². The molecule has 0 fully saturated rings. The Labute approximate surface area is 178 Å². The lowest BCUT2D eigenvalue weighted by atomic mass is 10.1. The normalized spacial score (nSPS) is 10.9. The summed E-state index contributed by atoms with van der Waals surface area (Å²) in [6, 6.07) is 3.02. The molecule has 11 nitrogen and oxygen atoms in total. The van der Waals surface area contributed by atoms with Crippen molar-refractivity contribution in [3.05, 3.63) is 34.9 Å². The Morgan fingerprint density at radius 2 is 1.55 bits per heavy atom. The number of carbonyl (C=O) groups is 2. The van der Waals surface area contributed by atoms with E-state index in [1.807, 2.05) is 0 Å². The number of anilines is 1. The van der Waals surface area contributed by atoms with Crippen LogP contribution in [0.4, 0.5) is 5.69 Å². The van der Waals surface area contributed by atoms with E-state index in [1.54, 1.807) is 0 Å². The van der Waals surface area contributed by atoms with Crippen molar-refractivity contribution in [1.29, 1.82) is 0 Å². The zero-order chi connectivity index (χ0) is 23.5. The van der Waals surface area contributed by atoms with Gasteiger partial charge in [0.1, 0.15) is 17.0 Å². The SMILES string of the molecule is COC(=O)c1cc(OC)c(OC)c(OC)c1NS(=O)(=O)c1cc(C(=O)O)c(O)cc1C. The number of phenols is 1. The van der Waals surface area contributed by atoms with Gasteiger partial charge in [-0.3, -0.25) is 4.72 Å². The highest BCUT2D eigenvalue weighted by atomic mass is 32.2. The van der Waals surface area contributed by atoms with Crippen LogP contribution in [0.25, 0.3) is 0 Å².